The summed E-state index contributed by atoms with van der Waals surface area (Å²) in [6.45, 7) is 5.53. The average Bonchev–Trinajstić information content (AvgIpc) is 2.42. The fraction of sp³-hybridized carbons (Fsp3) is 1.00. The summed E-state index contributed by atoms with van der Waals surface area (Å²) < 4.78 is 13.2. The Morgan fingerprint density at radius 2 is 1.64 bits per heavy atom. The number of hydrogen-bond acceptors (Lipinski definition) is 1. The van der Waals surface area contributed by atoms with Gasteiger partial charge in [0, 0.05) is 0 Å². The lowest BCUT2D eigenvalue weighted by Gasteiger charge is -2.21. The second-order valence-corrected chi connectivity index (χ2v) is 2.92. The summed E-state index contributed by atoms with van der Waals surface area (Å²) in [4.78, 5) is 0. The molecule has 11 heavy (non-hydrogen) atoms. The van der Waals surface area contributed by atoms with Crippen LogP contribution in [0.5, 0.6) is 0 Å². The lowest BCUT2D eigenvalue weighted by molar-refractivity contribution is 0.00806. The van der Waals surface area contributed by atoms with Crippen molar-refractivity contribution in [3.63, 3.8) is 0 Å². The van der Waals surface area contributed by atoms with Crippen LogP contribution in [0.3, 0.4) is 0 Å². The van der Waals surface area contributed by atoms with E-state index < -0.39 is 11.8 Å². The lowest BCUT2D eigenvalue weighted by atomic mass is 9.99. The minimum absolute atomic E-state index is 0.546. The van der Waals surface area contributed by atoms with Crippen molar-refractivity contribution >= 4 is 0 Å². The molecule has 68 valence electrons. The molecule has 1 unspecified atom stereocenters. The molecule has 1 saturated carbocycles. The van der Waals surface area contributed by atoms with E-state index in [2.05, 4.69) is 0 Å². The highest BCUT2D eigenvalue weighted by Gasteiger charge is 2.37. The molecule has 1 fully saturated rings. The van der Waals surface area contributed by atoms with Gasteiger partial charge in [0.1, 0.15) is 5.67 Å². The van der Waals surface area contributed by atoms with Gasteiger partial charge in [0.05, 0.1) is 6.10 Å². The topological polar surface area (TPSA) is 20.2 Å². The molecule has 1 nitrogen and oxygen atoms in total. The largest absolute Gasteiger partial charge is 0.390 e. The van der Waals surface area contributed by atoms with Gasteiger partial charge in [0.2, 0.25) is 0 Å². The number of hydrogen-bond donors (Lipinski definition) is 1. The van der Waals surface area contributed by atoms with E-state index in [1.165, 1.54) is 6.92 Å². The molecule has 0 heterocycles. The minimum atomic E-state index is -1.25. The molecule has 0 spiro atoms. The van der Waals surface area contributed by atoms with Crippen LogP contribution in [0.1, 0.15) is 46.5 Å². The molecule has 0 aliphatic heterocycles. The Labute approximate surface area is 68.6 Å². The Morgan fingerprint density at radius 1 is 1.27 bits per heavy atom. The Hall–Kier alpha value is -0.110. The van der Waals surface area contributed by atoms with Gasteiger partial charge in [-0.15, -0.1) is 0 Å². The number of halogens is 1. The maximum atomic E-state index is 13.2. The Morgan fingerprint density at radius 3 is 1.82 bits per heavy atom. The maximum Gasteiger partial charge on any atom is 0.136 e. The van der Waals surface area contributed by atoms with Crippen molar-refractivity contribution in [2.45, 2.75) is 58.2 Å². The third-order valence-electron chi connectivity index (χ3n) is 2.18. The predicted octanol–water partition coefficient (Wildman–Crippen LogP) is 2.68. The average molecular weight is 162 g/mol. The van der Waals surface area contributed by atoms with Crippen LogP contribution < -0.4 is 0 Å². The molecule has 0 saturated heterocycles. The zero-order chi connectivity index (χ0) is 8.91. The van der Waals surface area contributed by atoms with Crippen LogP contribution in [0.15, 0.2) is 0 Å². The van der Waals surface area contributed by atoms with E-state index in [1.54, 1.807) is 0 Å². The molecule has 1 aliphatic rings. The highest BCUT2D eigenvalue weighted by molar-refractivity contribution is 4.88. The SMILES string of the molecule is CC.CC(O)C1(F)CCCC1. The molecule has 0 bridgehead atoms. The van der Waals surface area contributed by atoms with E-state index in [4.69, 9.17) is 5.11 Å². The van der Waals surface area contributed by atoms with Gasteiger partial charge in [-0.2, -0.15) is 0 Å². The van der Waals surface area contributed by atoms with Crippen molar-refractivity contribution in [2.24, 2.45) is 0 Å². The van der Waals surface area contributed by atoms with Crippen molar-refractivity contribution in [1.82, 2.24) is 0 Å². The van der Waals surface area contributed by atoms with E-state index in [1.807, 2.05) is 13.8 Å². The van der Waals surface area contributed by atoms with Crippen LogP contribution in [0.2, 0.25) is 0 Å². The van der Waals surface area contributed by atoms with E-state index in [0.717, 1.165) is 12.8 Å². The molecular formula is C9H19FO. The second kappa shape index (κ2) is 4.70. The van der Waals surface area contributed by atoms with Gasteiger partial charge in [-0.1, -0.05) is 26.7 Å². The fourth-order valence-electron chi connectivity index (χ4n) is 1.38. The molecular weight excluding hydrogens is 143 g/mol. The van der Waals surface area contributed by atoms with Crippen molar-refractivity contribution in [1.29, 1.82) is 0 Å². The van der Waals surface area contributed by atoms with Crippen LogP contribution in [0.4, 0.5) is 4.39 Å². The third-order valence-corrected chi connectivity index (χ3v) is 2.18. The van der Waals surface area contributed by atoms with E-state index >= 15 is 0 Å². The summed E-state index contributed by atoms with van der Waals surface area (Å²) in [6, 6.07) is 0. The first-order valence-corrected chi connectivity index (χ1v) is 4.52. The van der Waals surface area contributed by atoms with Crippen molar-refractivity contribution in [3.05, 3.63) is 0 Å². The van der Waals surface area contributed by atoms with Gasteiger partial charge in [-0.25, -0.2) is 4.39 Å². The number of aliphatic hydroxyl groups excluding tert-OH is 1. The third kappa shape index (κ3) is 2.78. The van der Waals surface area contributed by atoms with Crippen molar-refractivity contribution in [3.8, 4) is 0 Å². The zero-order valence-corrected chi connectivity index (χ0v) is 7.73. The molecule has 1 rings (SSSR count). The van der Waals surface area contributed by atoms with E-state index in [9.17, 15) is 4.39 Å². The molecule has 0 aromatic rings. The van der Waals surface area contributed by atoms with Crippen molar-refractivity contribution < 1.29 is 9.50 Å². The highest BCUT2D eigenvalue weighted by atomic mass is 19.1. The summed E-state index contributed by atoms with van der Waals surface area (Å²) in [5, 5.41) is 8.94. The maximum absolute atomic E-state index is 13.2. The van der Waals surface area contributed by atoms with Crippen LogP contribution in [-0.4, -0.2) is 16.9 Å². The first kappa shape index (κ1) is 10.9. The number of aliphatic hydroxyl groups is 1. The standard InChI is InChI=1S/C7H13FO.C2H6/c1-6(9)7(8)4-2-3-5-7;1-2/h6,9H,2-5H2,1H3;1-2H3. The Kier molecular flexibility index (Phi) is 4.66. The van der Waals surface area contributed by atoms with E-state index in [0.29, 0.717) is 12.8 Å². The molecule has 0 amide bonds. The summed E-state index contributed by atoms with van der Waals surface area (Å²) in [6.07, 6.45) is 2.18. The molecule has 2 heteroatoms. The monoisotopic (exact) mass is 162 g/mol. The van der Waals surface area contributed by atoms with Crippen LogP contribution in [-0.2, 0) is 0 Å². The second-order valence-electron chi connectivity index (χ2n) is 2.92. The van der Waals surface area contributed by atoms with Gasteiger partial charge in [0.25, 0.3) is 0 Å². The first-order valence-electron chi connectivity index (χ1n) is 4.52. The molecule has 0 aromatic carbocycles. The quantitative estimate of drug-likeness (QED) is 0.628. The Bertz CT molecular complexity index is 95.7. The zero-order valence-electron chi connectivity index (χ0n) is 7.73. The highest BCUT2D eigenvalue weighted by Crippen LogP contribution is 2.35. The summed E-state index contributed by atoms with van der Waals surface area (Å²) in [5.41, 5.74) is -1.25. The van der Waals surface area contributed by atoms with Gasteiger partial charge in [-0.3, -0.25) is 0 Å². The fourth-order valence-corrected chi connectivity index (χ4v) is 1.38. The van der Waals surface area contributed by atoms with Gasteiger partial charge < -0.3 is 5.11 Å². The van der Waals surface area contributed by atoms with Gasteiger partial charge in [-0.05, 0) is 19.8 Å². The van der Waals surface area contributed by atoms with Crippen LogP contribution in [0.25, 0.3) is 0 Å². The van der Waals surface area contributed by atoms with Crippen LogP contribution >= 0.6 is 0 Å². The van der Waals surface area contributed by atoms with Gasteiger partial charge >= 0.3 is 0 Å². The smallest absolute Gasteiger partial charge is 0.136 e. The first-order chi connectivity index (χ1) is 5.15. The summed E-state index contributed by atoms with van der Waals surface area (Å²) in [7, 11) is 0. The number of alkyl halides is 1. The van der Waals surface area contributed by atoms with Crippen LogP contribution in [0, 0.1) is 0 Å². The molecule has 1 N–H and O–H groups in total. The molecule has 1 aliphatic carbocycles. The van der Waals surface area contributed by atoms with E-state index in [-0.39, 0.29) is 0 Å². The minimum Gasteiger partial charge on any atom is -0.390 e. The molecule has 0 radical (unpaired) electrons. The summed E-state index contributed by atoms with van der Waals surface area (Å²) in [5.74, 6) is 0. The molecule has 1 atom stereocenters. The molecule has 0 aromatic heterocycles. The predicted molar refractivity (Wildman–Crippen MR) is 45.3 cm³/mol. The number of rotatable bonds is 1. The van der Waals surface area contributed by atoms with Crippen molar-refractivity contribution in [2.75, 3.05) is 0 Å². The summed E-state index contributed by atoms with van der Waals surface area (Å²) >= 11 is 0. The normalized spacial score (nSPS) is 23.7. The van der Waals surface area contributed by atoms with Gasteiger partial charge in [0.15, 0.2) is 0 Å². The Balaban J connectivity index is 0.000000461. The lowest BCUT2D eigenvalue weighted by Crippen LogP contribution is -2.32.